The molecular weight excluding hydrogens is 322 g/mol. The highest BCUT2D eigenvalue weighted by Crippen LogP contribution is 2.23. The molecule has 4 heterocycles. The number of likely N-dealkylation sites (tertiary alicyclic amines) is 1. The van der Waals surface area contributed by atoms with Crippen LogP contribution in [0.15, 0.2) is 27.4 Å². The topological polar surface area (TPSA) is 60.0 Å². The molecular formula is C17H21N5OS. The maximum Gasteiger partial charge on any atom is 0.241 e. The van der Waals surface area contributed by atoms with Crippen LogP contribution in [-0.2, 0) is 13.1 Å². The van der Waals surface area contributed by atoms with Crippen molar-refractivity contribution in [2.45, 2.75) is 45.8 Å². The van der Waals surface area contributed by atoms with Crippen LogP contribution < -0.4 is 0 Å². The highest BCUT2D eigenvalue weighted by Gasteiger charge is 2.27. The lowest BCUT2D eigenvalue weighted by Gasteiger charge is -2.23. The van der Waals surface area contributed by atoms with Crippen molar-refractivity contribution in [2.24, 2.45) is 0 Å². The van der Waals surface area contributed by atoms with Gasteiger partial charge in [0.05, 0.1) is 18.8 Å². The lowest BCUT2D eigenvalue weighted by Crippen LogP contribution is -2.33. The molecule has 0 amide bonds. The van der Waals surface area contributed by atoms with Gasteiger partial charge in [0.15, 0.2) is 0 Å². The second-order valence-corrected chi connectivity index (χ2v) is 7.18. The fourth-order valence-corrected chi connectivity index (χ4v) is 4.01. The van der Waals surface area contributed by atoms with Crippen molar-refractivity contribution in [1.82, 2.24) is 24.8 Å². The number of thiophene rings is 1. The summed E-state index contributed by atoms with van der Waals surface area (Å²) in [5.41, 5.74) is 3.32. The summed E-state index contributed by atoms with van der Waals surface area (Å²) >= 11 is 1.64. The molecule has 0 bridgehead atoms. The molecule has 1 atom stereocenters. The summed E-state index contributed by atoms with van der Waals surface area (Å²) < 4.78 is 7.57. The van der Waals surface area contributed by atoms with E-state index < -0.39 is 0 Å². The molecule has 7 heteroatoms. The largest absolute Gasteiger partial charge is 0.338 e. The van der Waals surface area contributed by atoms with E-state index in [0.717, 1.165) is 24.3 Å². The minimum Gasteiger partial charge on any atom is -0.338 e. The summed E-state index contributed by atoms with van der Waals surface area (Å²) in [6, 6.07) is 4.62. The third kappa shape index (κ3) is 3.14. The van der Waals surface area contributed by atoms with Crippen LogP contribution in [0.1, 0.15) is 30.1 Å². The first-order chi connectivity index (χ1) is 11.7. The van der Waals surface area contributed by atoms with Crippen molar-refractivity contribution in [3.63, 3.8) is 0 Å². The molecule has 1 saturated heterocycles. The van der Waals surface area contributed by atoms with Crippen LogP contribution in [0.25, 0.3) is 11.4 Å². The van der Waals surface area contributed by atoms with Gasteiger partial charge in [-0.15, -0.1) is 0 Å². The van der Waals surface area contributed by atoms with Crippen LogP contribution in [0.5, 0.6) is 0 Å². The Morgan fingerprint density at radius 3 is 3.04 bits per heavy atom. The zero-order valence-corrected chi connectivity index (χ0v) is 14.8. The average molecular weight is 343 g/mol. The quantitative estimate of drug-likeness (QED) is 0.711. The van der Waals surface area contributed by atoms with Gasteiger partial charge in [0.1, 0.15) is 0 Å². The van der Waals surface area contributed by atoms with Gasteiger partial charge >= 0.3 is 0 Å². The second kappa shape index (κ2) is 6.49. The van der Waals surface area contributed by atoms with Gasteiger partial charge in [-0.05, 0) is 50.7 Å². The molecule has 24 heavy (non-hydrogen) atoms. The molecule has 6 nitrogen and oxygen atoms in total. The van der Waals surface area contributed by atoms with Gasteiger partial charge in [-0.2, -0.15) is 21.4 Å². The Balaban J connectivity index is 1.44. The Morgan fingerprint density at radius 2 is 2.29 bits per heavy atom. The van der Waals surface area contributed by atoms with Gasteiger partial charge in [-0.3, -0.25) is 9.58 Å². The smallest absolute Gasteiger partial charge is 0.241 e. The Bertz CT molecular complexity index is 807. The Hall–Kier alpha value is -1.99. The fraction of sp³-hybridized carbons (Fsp3) is 0.471. The first kappa shape index (κ1) is 15.5. The minimum absolute atomic E-state index is 0.472. The lowest BCUT2D eigenvalue weighted by atomic mass is 10.2. The van der Waals surface area contributed by atoms with Crippen molar-refractivity contribution in [3.8, 4) is 11.4 Å². The summed E-state index contributed by atoms with van der Waals surface area (Å²) in [5, 5.41) is 12.8. The SMILES string of the molecule is Cc1cc(C)n(C[C@H]2CCCN2Cc2nc(-c3ccsc3)no2)n1. The van der Waals surface area contributed by atoms with Gasteiger partial charge in [0, 0.05) is 22.7 Å². The number of rotatable bonds is 5. The number of hydrogen-bond donors (Lipinski definition) is 0. The van der Waals surface area contributed by atoms with Crippen LogP contribution in [0.3, 0.4) is 0 Å². The summed E-state index contributed by atoms with van der Waals surface area (Å²) in [4.78, 5) is 6.98. The third-order valence-electron chi connectivity index (χ3n) is 4.57. The molecule has 0 unspecified atom stereocenters. The predicted octanol–water partition coefficient (Wildman–Crippen LogP) is 3.28. The van der Waals surface area contributed by atoms with Crippen LogP contribution >= 0.6 is 11.3 Å². The molecule has 0 spiro atoms. The van der Waals surface area contributed by atoms with Gasteiger partial charge < -0.3 is 4.52 Å². The van der Waals surface area contributed by atoms with Crippen molar-refractivity contribution in [3.05, 3.63) is 40.2 Å². The third-order valence-corrected chi connectivity index (χ3v) is 5.26. The van der Waals surface area contributed by atoms with Gasteiger partial charge in [-0.25, -0.2) is 0 Å². The summed E-state index contributed by atoms with van der Waals surface area (Å²) in [6.07, 6.45) is 2.39. The van der Waals surface area contributed by atoms with E-state index >= 15 is 0 Å². The molecule has 0 N–H and O–H groups in total. The zero-order chi connectivity index (χ0) is 16.5. The van der Waals surface area contributed by atoms with E-state index in [0.29, 0.717) is 24.3 Å². The first-order valence-corrected chi connectivity index (χ1v) is 9.23. The van der Waals surface area contributed by atoms with E-state index in [2.05, 4.69) is 37.8 Å². The molecule has 4 rings (SSSR count). The predicted molar refractivity (Wildman–Crippen MR) is 92.7 cm³/mol. The Kier molecular flexibility index (Phi) is 4.20. The highest BCUT2D eigenvalue weighted by atomic mass is 32.1. The molecule has 1 aliphatic rings. The Labute approximate surface area is 145 Å². The highest BCUT2D eigenvalue weighted by molar-refractivity contribution is 7.08. The van der Waals surface area contributed by atoms with Crippen molar-refractivity contribution in [1.29, 1.82) is 0 Å². The van der Waals surface area contributed by atoms with E-state index in [1.807, 2.05) is 23.8 Å². The molecule has 3 aromatic rings. The van der Waals surface area contributed by atoms with E-state index in [-0.39, 0.29) is 0 Å². The van der Waals surface area contributed by atoms with E-state index in [9.17, 15) is 0 Å². The van der Waals surface area contributed by atoms with Crippen molar-refractivity contribution >= 4 is 11.3 Å². The number of aromatic nitrogens is 4. The maximum absolute atomic E-state index is 5.46. The number of aryl methyl sites for hydroxylation is 2. The lowest BCUT2D eigenvalue weighted by molar-refractivity contribution is 0.191. The fourth-order valence-electron chi connectivity index (χ4n) is 3.37. The summed E-state index contributed by atoms with van der Waals surface area (Å²) in [5.74, 6) is 1.37. The standard InChI is InChI=1S/C17H21N5OS/c1-12-8-13(2)22(19-12)9-15-4-3-6-21(15)10-16-18-17(20-23-16)14-5-7-24-11-14/h5,7-8,11,15H,3-4,6,9-10H2,1-2H3/t15-/m1/s1. The van der Waals surface area contributed by atoms with E-state index in [4.69, 9.17) is 4.52 Å². The van der Waals surface area contributed by atoms with E-state index in [1.165, 1.54) is 18.5 Å². The van der Waals surface area contributed by atoms with Gasteiger partial charge in [-0.1, -0.05) is 5.16 Å². The zero-order valence-electron chi connectivity index (χ0n) is 14.0. The molecule has 0 aromatic carbocycles. The van der Waals surface area contributed by atoms with Crippen molar-refractivity contribution in [2.75, 3.05) is 6.54 Å². The number of nitrogens with zero attached hydrogens (tertiary/aromatic N) is 5. The molecule has 3 aromatic heterocycles. The summed E-state index contributed by atoms with van der Waals surface area (Å²) in [7, 11) is 0. The molecule has 1 aliphatic heterocycles. The van der Waals surface area contributed by atoms with Gasteiger partial charge in [0.25, 0.3) is 0 Å². The molecule has 0 aliphatic carbocycles. The average Bonchev–Trinajstić information content (AvgIpc) is 3.30. The van der Waals surface area contributed by atoms with Crippen LogP contribution in [0.4, 0.5) is 0 Å². The van der Waals surface area contributed by atoms with Gasteiger partial charge in [0.2, 0.25) is 11.7 Å². The molecule has 0 saturated carbocycles. The number of hydrogen-bond acceptors (Lipinski definition) is 6. The normalized spacial score (nSPS) is 18.5. The van der Waals surface area contributed by atoms with Crippen LogP contribution in [0.2, 0.25) is 0 Å². The molecule has 1 fully saturated rings. The van der Waals surface area contributed by atoms with E-state index in [1.54, 1.807) is 11.3 Å². The van der Waals surface area contributed by atoms with Crippen molar-refractivity contribution < 1.29 is 4.52 Å². The summed E-state index contributed by atoms with van der Waals surface area (Å²) in [6.45, 7) is 6.86. The Morgan fingerprint density at radius 1 is 1.38 bits per heavy atom. The van der Waals surface area contributed by atoms with Crippen LogP contribution in [0, 0.1) is 13.8 Å². The first-order valence-electron chi connectivity index (χ1n) is 8.29. The van der Waals surface area contributed by atoms with Crippen LogP contribution in [-0.4, -0.2) is 37.4 Å². The monoisotopic (exact) mass is 343 g/mol. The maximum atomic E-state index is 5.46. The minimum atomic E-state index is 0.472. The second-order valence-electron chi connectivity index (χ2n) is 6.40. The molecule has 0 radical (unpaired) electrons. The molecule has 126 valence electrons.